The summed E-state index contributed by atoms with van der Waals surface area (Å²) >= 11 is 5.96. The quantitative estimate of drug-likeness (QED) is 0.857. The average molecular weight is 292 g/mol. The Balaban J connectivity index is 2.19. The van der Waals surface area contributed by atoms with Gasteiger partial charge < -0.3 is 9.47 Å². The zero-order valence-corrected chi connectivity index (χ0v) is 11.4. The van der Waals surface area contributed by atoms with Gasteiger partial charge in [0.2, 0.25) is 0 Å². The third-order valence-electron chi connectivity index (χ3n) is 2.68. The summed E-state index contributed by atoms with van der Waals surface area (Å²) in [5.41, 5.74) is 1.01. The Morgan fingerprint density at radius 3 is 2.70 bits per heavy atom. The SMILES string of the molecule is COc1cc(C#N)ccc1OCc1cc(F)ccc1Cl. The van der Waals surface area contributed by atoms with Gasteiger partial charge in [-0.2, -0.15) is 5.26 Å². The Bertz CT molecular complexity index is 667. The van der Waals surface area contributed by atoms with Crippen LogP contribution in [-0.2, 0) is 6.61 Å². The van der Waals surface area contributed by atoms with Crippen LogP contribution in [0.1, 0.15) is 11.1 Å². The standard InChI is InChI=1S/C15H11ClFNO2/c1-19-15-6-10(8-18)2-5-14(15)20-9-11-7-12(17)3-4-13(11)16/h2-7H,9H2,1H3. The van der Waals surface area contributed by atoms with Crippen molar-refractivity contribution in [2.24, 2.45) is 0 Å². The fraction of sp³-hybridized carbons (Fsp3) is 0.133. The van der Waals surface area contributed by atoms with Gasteiger partial charge in [0, 0.05) is 16.7 Å². The van der Waals surface area contributed by atoms with E-state index in [1.54, 1.807) is 18.2 Å². The van der Waals surface area contributed by atoms with Crippen LogP contribution >= 0.6 is 11.6 Å². The molecule has 0 atom stereocenters. The molecule has 0 aliphatic rings. The van der Waals surface area contributed by atoms with E-state index in [0.29, 0.717) is 27.6 Å². The van der Waals surface area contributed by atoms with Crippen LogP contribution in [0, 0.1) is 17.1 Å². The molecule has 0 fully saturated rings. The van der Waals surface area contributed by atoms with Crippen LogP contribution in [0.3, 0.4) is 0 Å². The molecule has 2 rings (SSSR count). The number of nitrogens with zero attached hydrogens (tertiary/aromatic N) is 1. The van der Waals surface area contributed by atoms with E-state index in [1.807, 2.05) is 6.07 Å². The van der Waals surface area contributed by atoms with E-state index in [9.17, 15) is 4.39 Å². The largest absolute Gasteiger partial charge is 0.493 e. The van der Waals surface area contributed by atoms with Crippen molar-refractivity contribution in [3.8, 4) is 17.6 Å². The van der Waals surface area contributed by atoms with Gasteiger partial charge in [0.25, 0.3) is 0 Å². The van der Waals surface area contributed by atoms with Crippen LogP contribution in [0.5, 0.6) is 11.5 Å². The lowest BCUT2D eigenvalue weighted by Crippen LogP contribution is -1.99. The number of ether oxygens (including phenoxy) is 2. The molecule has 0 saturated carbocycles. The predicted molar refractivity (Wildman–Crippen MR) is 73.5 cm³/mol. The molecule has 5 heteroatoms. The highest BCUT2D eigenvalue weighted by Gasteiger charge is 2.08. The van der Waals surface area contributed by atoms with E-state index in [4.69, 9.17) is 26.3 Å². The number of halogens is 2. The first-order valence-electron chi connectivity index (χ1n) is 5.79. The van der Waals surface area contributed by atoms with Crippen LogP contribution in [0.4, 0.5) is 4.39 Å². The van der Waals surface area contributed by atoms with Gasteiger partial charge in [-0.15, -0.1) is 0 Å². The Labute approximate surface area is 121 Å². The molecule has 20 heavy (non-hydrogen) atoms. The maximum atomic E-state index is 13.1. The molecule has 0 N–H and O–H groups in total. The van der Waals surface area contributed by atoms with Crippen molar-refractivity contribution in [2.75, 3.05) is 7.11 Å². The van der Waals surface area contributed by atoms with Gasteiger partial charge in [-0.25, -0.2) is 4.39 Å². The highest BCUT2D eigenvalue weighted by molar-refractivity contribution is 6.31. The number of methoxy groups -OCH3 is 1. The summed E-state index contributed by atoms with van der Waals surface area (Å²) in [7, 11) is 1.48. The van der Waals surface area contributed by atoms with Gasteiger partial charge in [0.1, 0.15) is 12.4 Å². The second-order valence-electron chi connectivity index (χ2n) is 4.00. The molecule has 2 aromatic rings. The highest BCUT2D eigenvalue weighted by atomic mass is 35.5. The second kappa shape index (κ2) is 6.27. The normalized spacial score (nSPS) is 9.90. The van der Waals surface area contributed by atoms with Crippen molar-refractivity contribution >= 4 is 11.6 Å². The highest BCUT2D eigenvalue weighted by Crippen LogP contribution is 2.29. The number of nitriles is 1. The molecule has 0 aliphatic carbocycles. The minimum atomic E-state index is -0.375. The second-order valence-corrected chi connectivity index (χ2v) is 4.41. The molecule has 0 heterocycles. The maximum absolute atomic E-state index is 13.1. The van der Waals surface area contributed by atoms with E-state index >= 15 is 0 Å². The van der Waals surface area contributed by atoms with Crippen LogP contribution in [0.2, 0.25) is 5.02 Å². The van der Waals surface area contributed by atoms with Crippen LogP contribution in [0.25, 0.3) is 0 Å². The molecule has 0 unspecified atom stereocenters. The summed E-state index contributed by atoms with van der Waals surface area (Å²) in [6, 6.07) is 10.9. The summed E-state index contributed by atoms with van der Waals surface area (Å²) in [5.74, 6) is 0.531. The Hall–Kier alpha value is -2.25. The first kappa shape index (κ1) is 14.2. The summed E-state index contributed by atoms with van der Waals surface area (Å²) in [6.45, 7) is 0.110. The monoisotopic (exact) mass is 291 g/mol. The molecule has 2 aromatic carbocycles. The van der Waals surface area contributed by atoms with Crippen molar-refractivity contribution in [1.29, 1.82) is 5.26 Å². The van der Waals surface area contributed by atoms with E-state index in [2.05, 4.69) is 0 Å². The van der Waals surface area contributed by atoms with Crippen LogP contribution in [-0.4, -0.2) is 7.11 Å². The predicted octanol–water partition coefficient (Wildman–Crippen LogP) is 3.94. The van der Waals surface area contributed by atoms with Crippen molar-refractivity contribution in [2.45, 2.75) is 6.61 Å². The van der Waals surface area contributed by atoms with Gasteiger partial charge in [0.15, 0.2) is 11.5 Å². The molecule has 0 aromatic heterocycles. The van der Waals surface area contributed by atoms with Crippen molar-refractivity contribution in [3.05, 3.63) is 58.4 Å². The Morgan fingerprint density at radius 1 is 1.20 bits per heavy atom. The molecule has 0 radical (unpaired) electrons. The van der Waals surface area contributed by atoms with Crippen LogP contribution in [0.15, 0.2) is 36.4 Å². The zero-order chi connectivity index (χ0) is 14.5. The molecular formula is C15H11ClFNO2. The third kappa shape index (κ3) is 3.19. The molecule has 3 nitrogen and oxygen atoms in total. The number of hydrogen-bond acceptors (Lipinski definition) is 3. The first-order chi connectivity index (χ1) is 9.63. The average Bonchev–Trinajstić information content (AvgIpc) is 2.48. The fourth-order valence-electron chi connectivity index (χ4n) is 1.67. The lowest BCUT2D eigenvalue weighted by molar-refractivity contribution is 0.284. The zero-order valence-electron chi connectivity index (χ0n) is 10.7. The first-order valence-corrected chi connectivity index (χ1v) is 6.16. The van der Waals surface area contributed by atoms with Crippen molar-refractivity contribution in [1.82, 2.24) is 0 Å². The van der Waals surface area contributed by atoms with Gasteiger partial charge in [0.05, 0.1) is 18.7 Å². The molecule has 0 bridgehead atoms. The fourth-order valence-corrected chi connectivity index (χ4v) is 1.84. The number of rotatable bonds is 4. The molecule has 0 aliphatic heterocycles. The van der Waals surface area contributed by atoms with E-state index in [-0.39, 0.29) is 12.4 Å². The van der Waals surface area contributed by atoms with Crippen LogP contribution < -0.4 is 9.47 Å². The number of benzene rings is 2. The summed E-state index contributed by atoms with van der Waals surface area (Å²) in [4.78, 5) is 0. The topological polar surface area (TPSA) is 42.2 Å². The maximum Gasteiger partial charge on any atom is 0.162 e. The molecule has 0 saturated heterocycles. The summed E-state index contributed by atoms with van der Waals surface area (Å²) in [6.07, 6.45) is 0. The van der Waals surface area contributed by atoms with Crippen molar-refractivity contribution in [3.63, 3.8) is 0 Å². The van der Waals surface area contributed by atoms with Crippen molar-refractivity contribution < 1.29 is 13.9 Å². The van der Waals surface area contributed by atoms with Gasteiger partial charge in [-0.05, 0) is 30.3 Å². The molecule has 102 valence electrons. The minimum absolute atomic E-state index is 0.110. The van der Waals surface area contributed by atoms with E-state index in [0.717, 1.165) is 0 Å². The summed E-state index contributed by atoms with van der Waals surface area (Å²) < 4.78 is 23.9. The van der Waals surface area contributed by atoms with Gasteiger partial charge in [-0.1, -0.05) is 11.6 Å². The van der Waals surface area contributed by atoms with Gasteiger partial charge in [-0.3, -0.25) is 0 Å². The summed E-state index contributed by atoms with van der Waals surface area (Å²) in [5, 5.41) is 9.25. The molecule has 0 spiro atoms. The van der Waals surface area contributed by atoms with Gasteiger partial charge >= 0.3 is 0 Å². The Kier molecular flexibility index (Phi) is 4.44. The lowest BCUT2D eigenvalue weighted by atomic mass is 10.2. The third-order valence-corrected chi connectivity index (χ3v) is 3.05. The Morgan fingerprint density at radius 2 is 2.00 bits per heavy atom. The lowest BCUT2D eigenvalue weighted by Gasteiger charge is -2.11. The number of hydrogen-bond donors (Lipinski definition) is 0. The molecular weight excluding hydrogens is 281 g/mol. The smallest absolute Gasteiger partial charge is 0.162 e. The van der Waals surface area contributed by atoms with E-state index in [1.165, 1.54) is 25.3 Å². The van der Waals surface area contributed by atoms with E-state index < -0.39 is 0 Å². The molecule has 0 amide bonds. The minimum Gasteiger partial charge on any atom is -0.493 e.